The van der Waals surface area contributed by atoms with E-state index in [9.17, 15) is 16.8 Å². The van der Waals surface area contributed by atoms with Crippen molar-refractivity contribution < 1.29 is 16.8 Å². The SMILES string of the molecule is CCNC(=NCc1ccc(S(C)(=O)=O)c(C)c1)NC[C@H]1CCCN1S(C)(=O)=O.I. The Bertz CT molecular complexity index is 933. The van der Waals surface area contributed by atoms with Gasteiger partial charge >= 0.3 is 0 Å². The van der Waals surface area contributed by atoms with Crippen molar-refractivity contribution in [1.29, 1.82) is 0 Å². The zero-order chi connectivity index (χ0) is 20.9. The predicted octanol–water partition coefficient (Wildman–Crippen LogP) is 1.50. The van der Waals surface area contributed by atoms with E-state index in [1.165, 1.54) is 16.8 Å². The highest BCUT2D eigenvalue weighted by Crippen LogP contribution is 2.20. The van der Waals surface area contributed by atoms with Gasteiger partial charge in [0.05, 0.1) is 17.7 Å². The lowest BCUT2D eigenvalue weighted by Crippen LogP contribution is -2.46. The van der Waals surface area contributed by atoms with E-state index < -0.39 is 19.9 Å². The molecule has 0 spiro atoms. The summed E-state index contributed by atoms with van der Waals surface area (Å²) in [5.74, 6) is 0.604. The minimum Gasteiger partial charge on any atom is -0.357 e. The fourth-order valence-corrected chi connectivity index (χ4v) is 5.54. The molecule has 0 bridgehead atoms. The number of nitrogens with one attached hydrogen (secondary N) is 2. The Labute approximate surface area is 191 Å². The molecule has 0 aliphatic carbocycles. The Morgan fingerprint density at radius 1 is 1.21 bits per heavy atom. The number of nitrogens with zero attached hydrogens (tertiary/aromatic N) is 2. The number of aryl methyl sites for hydroxylation is 1. The molecule has 1 aromatic rings. The van der Waals surface area contributed by atoms with E-state index in [1.54, 1.807) is 19.1 Å². The number of sulfonamides is 1. The van der Waals surface area contributed by atoms with Crippen molar-refractivity contribution in [2.24, 2.45) is 4.99 Å². The van der Waals surface area contributed by atoms with Gasteiger partial charge in [-0.25, -0.2) is 21.8 Å². The van der Waals surface area contributed by atoms with Gasteiger partial charge < -0.3 is 10.6 Å². The number of benzene rings is 1. The molecule has 1 atom stereocenters. The topological polar surface area (TPSA) is 108 Å². The second-order valence-electron chi connectivity index (χ2n) is 7.12. The van der Waals surface area contributed by atoms with Crippen LogP contribution in [0.4, 0.5) is 0 Å². The summed E-state index contributed by atoms with van der Waals surface area (Å²) in [6.45, 7) is 5.85. The van der Waals surface area contributed by atoms with Crippen LogP contribution in [0.5, 0.6) is 0 Å². The van der Waals surface area contributed by atoms with Gasteiger partial charge in [0.2, 0.25) is 10.0 Å². The minimum atomic E-state index is -3.24. The smallest absolute Gasteiger partial charge is 0.211 e. The van der Waals surface area contributed by atoms with Crippen LogP contribution in [-0.4, -0.2) is 65.3 Å². The molecule has 29 heavy (non-hydrogen) atoms. The zero-order valence-corrected chi connectivity index (χ0v) is 21.3. The van der Waals surface area contributed by atoms with E-state index in [1.807, 2.05) is 13.0 Å². The fraction of sp³-hybridized carbons (Fsp3) is 0.611. The third kappa shape index (κ3) is 7.68. The normalized spacial score (nSPS) is 18.3. The molecule has 1 aliphatic heterocycles. The van der Waals surface area contributed by atoms with E-state index in [0.29, 0.717) is 42.6 Å². The van der Waals surface area contributed by atoms with Gasteiger partial charge in [0.1, 0.15) is 0 Å². The van der Waals surface area contributed by atoms with Crippen molar-refractivity contribution in [3.8, 4) is 0 Å². The maximum Gasteiger partial charge on any atom is 0.211 e. The maximum absolute atomic E-state index is 11.9. The second kappa shape index (κ2) is 10.9. The summed E-state index contributed by atoms with van der Waals surface area (Å²) in [5.41, 5.74) is 1.60. The van der Waals surface area contributed by atoms with Crippen LogP contribution in [0.3, 0.4) is 0 Å². The summed E-state index contributed by atoms with van der Waals surface area (Å²) >= 11 is 0. The van der Waals surface area contributed by atoms with Gasteiger partial charge in [-0.2, -0.15) is 4.31 Å². The highest BCUT2D eigenvalue weighted by molar-refractivity contribution is 14.0. The molecule has 0 radical (unpaired) electrons. The number of guanidine groups is 1. The summed E-state index contributed by atoms with van der Waals surface area (Å²) in [6.07, 6.45) is 4.13. The number of aliphatic imine (C=N–C) groups is 1. The number of rotatable bonds is 7. The first-order chi connectivity index (χ1) is 13.0. The maximum atomic E-state index is 11.9. The van der Waals surface area contributed by atoms with Crippen LogP contribution < -0.4 is 10.6 Å². The summed E-state index contributed by atoms with van der Waals surface area (Å²) in [6, 6.07) is 5.12. The third-order valence-electron chi connectivity index (χ3n) is 4.66. The number of halogens is 1. The van der Waals surface area contributed by atoms with Crippen LogP contribution in [0.25, 0.3) is 0 Å². The van der Waals surface area contributed by atoms with Gasteiger partial charge in [0.25, 0.3) is 0 Å². The largest absolute Gasteiger partial charge is 0.357 e. The Hall–Kier alpha value is -0.920. The molecular formula is C18H31IN4O4S2. The van der Waals surface area contributed by atoms with Crippen LogP contribution in [0.15, 0.2) is 28.1 Å². The predicted molar refractivity (Wildman–Crippen MR) is 127 cm³/mol. The number of hydrogen-bond donors (Lipinski definition) is 2. The van der Waals surface area contributed by atoms with Crippen molar-refractivity contribution >= 4 is 49.8 Å². The quantitative estimate of drug-likeness (QED) is 0.299. The molecule has 1 heterocycles. The summed E-state index contributed by atoms with van der Waals surface area (Å²) < 4.78 is 48.7. The van der Waals surface area contributed by atoms with Crippen LogP contribution in [0.2, 0.25) is 0 Å². The zero-order valence-electron chi connectivity index (χ0n) is 17.3. The molecule has 1 aliphatic rings. The van der Waals surface area contributed by atoms with Crippen molar-refractivity contribution in [2.75, 3.05) is 32.1 Å². The van der Waals surface area contributed by atoms with Gasteiger partial charge in [-0.3, -0.25) is 0 Å². The second-order valence-corrected chi connectivity index (χ2v) is 11.0. The van der Waals surface area contributed by atoms with Crippen molar-refractivity contribution in [1.82, 2.24) is 14.9 Å². The molecule has 2 N–H and O–H groups in total. The van der Waals surface area contributed by atoms with Crippen LogP contribution in [0.1, 0.15) is 30.9 Å². The lowest BCUT2D eigenvalue weighted by Gasteiger charge is -2.23. The first-order valence-corrected chi connectivity index (χ1v) is 13.0. The van der Waals surface area contributed by atoms with Crippen molar-refractivity contribution in [3.63, 3.8) is 0 Å². The van der Waals surface area contributed by atoms with Crippen molar-refractivity contribution in [2.45, 2.75) is 44.2 Å². The summed E-state index contributed by atoms with van der Waals surface area (Å²) in [4.78, 5) is 4.87. The van der Waals surface area contributed by atoms with Crippen molar-refractivity contribution in [3.05, 3.63) is 29.3 Å². The van der Waals surface area contributed by atoms with E-state index in [0.717, 1.165) is 18.4 Å². The van der Waals surface area contributed by atoms with Gasteiger partial charge in [-0.05, 0) is 43.9 Å². The molecule has 0 unspecified atom stereocenters. The van der Waals surface area contributed by atoms with E-state index in [2.05, 4.69) is 15.6 Å². The molecule has 1 aromatic carbocycles. The Morgan fingerprint density at radius 3 is 2.45 bits per heavy atom. The minimum absolute atomic E-state index is 0. The van der Waals surface area contributed by atoms with Crippen LogP contribution >= 0.6 is 24.0 Å². The number of sulfone groups is 1. The van der Waals surface area contributed by atoms with E-state index in [4.69, 9.17) is 0 Å². The lowest BCUT2D eigenvalue weighted by molar-refractivity contribution is 0.387. The summed E-state index contributed by atoms with van der Waals surface area (Å²) in [5, 5.41) is 6.38. The average Bonchev–Trinajstić information content (AvgIpc) is 3.05. The number of hydrogen-bond acceptors (Lipinski definition) is 5. The van der Waals surface area contributed by atoms with Gasteiger partial charge in [-0.1, -0.05) is 12.1 Å². The first-order valence-electron chi connectivity index (χ1n) is 9.31. The highest BCUT2D eigenvalue weighted by atomic mass is 127. The van der Waals surface area contributed by atoms with Gasteiger partial charge in [-0.15, -0.1) is 24.0 Å². The van der Waals surface area contributed by atoms with Gasteiger partial charge in [0.15, 0.2) is 15.8 Å². The molecular weight excluding hydrogens is 527 g/mol. The fourth-order valence-electron chi connectivity index (χ4n) is 3.40. The van der Waals surface area contributed by atoms with E-state index in [-0.39, 0.29) is 30.0 Å². The molecule has 8 nitrogen and oxygen atoms in total. The third-order valence-corrected chi connectivity index (χ3v) is 7.25. The standard InChI is InChI=1S/C18H30N4O4S2.HI/c1-5-19-18(21-13-16-7-6-10-22(16)28(4,25)26)20-12-15-8-9-17(14(2)11-15)27(3,23)24;/h8-9,11,16H,5-7,10,12-13H2,1-4H3,(H2,19,20,21);1H/t16-;/m1./s1. The van der Waals surface area contributed by atoms with Gasteiger partial charge in [0, 0.05) is 31.9 Å². The molecule has 11 heteroatoms. The highest BCUT2D eigenvalue weighted by Gasteiger charge is 2.31. The van der Waals surface area contributed by atoms with Crippen LogP contribution in [0, 0.1) is 6.92 Å². The summed E-state index contributed by atoms with van der Waals surface area (Å²) in [7, 11) is -6.44. The molecule has 0 saturated carbocycles. The van der Waals surface area contributed by atoms with E-state index >= 15 is 0 Å². The Kier molecular flexibility index (Phi) is 9.83. The molecule has 0 amide bonds. The monoisotopic (exact) mass is 558 g/mol. The molecule has 1 fully saturated rings. The van der Waals surface area contributed by atoms with Crippen LogP contribution in [-0.2, 0) is 26.4 Å². The Morgan fingerprint density at radius 2 is 1.90 bits per heavy atom. The Balaban J connectivity index is 0.00000420. The first kappa shape index (κ1) is 26.1. The molecule has 0 aromatic heterocycles. The lowest BCUT2D eigenvalue weighted by atomic mass is 10.1. The molecule has 2 rings (SSSR count). The molecule has 1 saturated heterocycles. The molecule has 166 valence electrons. The average molecular weight is 559 g/mol.